The number of carbonyl (C=O) groups excluding carboxylic acids is 2. The summed E-state index contributed by atoms with van der Waals surface area (Å²) in [4.78, 5) is 27.6. The minimum atomic E-state index is -0.914. The molecular weight excluding hydrogens is 292 g/mol. The molecule has 22 heavy (non-hydrogen) atoms. The number of halogens is 2. The fourth-order valence-corrected chi connectivity index (χ4v) is 2.27. The van der Waals surface area contributed by atoms with E-state index in [-0.39, 0.29) is 24.4 Å². The number of carbonyl (C=O) groups is 2. The zero-order chi connectivity index (χ0) is 16.1. The van der Waals surface area contributed by atoms with Crippen molar-refractivity contribution in [3.63, 3.8) is 0 Å². The summed E-state index contributed by atoms with van der Waals surface area (Å²) in [5.74, 6) is -2.33. The van der Waals surface area contributed by atoms with E-state index in [9.17, 15) is 18.4 Å². The van der Waals surface area contributed by atoms with Crippen molar-refractivity contribution >= 4 is 11.8 Å². The monoisotopic (exact) mass is 311 g/mol. The number of piperazine rings is 1. The zero-order valence-electron chi connectivity index (χ0n) is 12.4. The summed E-state index contributed by atoms with van der Waals surface area (Å²) in [6, 6.07) is 2.76. The van der Waals surface area contributed by atoms with Gasteiger partial charge < -0.3 is 15.1 Å². The van der Waals surface area contributed by atoms with Crippen molar-refractivity contribution in [2.24, 2.45) is 0 Å². The molecule has 0 bridgehead atoms. The highest BCUT2D eigenvalue weighted by Crippen LogP contribution is 2.09. The Labute approximate surface area is 127 Å². The molecule has 0 saturated carbocycles. The summed E-state index contributed by atoms with van der Waals surface area (Å²) in [6.07, 6.45) is 0.165. The highest BCUT2D eigenvalue weighted by atomic mass is 19.1. The van der Waals surface area contributed by atoms with Crippen molar-refractivity contribution in [2.75, 3.05) is 39.8 Å². The number of likely N-dealkylation sites (N-methyl/N-ethyl adjacent to an activating group) is 1. The van der Waals surface area contributed by atoms with Crippen LogP contribution in [0.3, 0.4) is 0 Å². The van der Waals surface area contributed by atoms with Gasteiger partial charge in [-0.3, -0.25) is 9.59 Å². The first-order chi connectivity index (χ1) is 10.5. The Morgan fingerprint density at radius 3 is 2.50 bits per heavy atom. The molecule has 0 spiro atoms. The normalized spacial score (nSPS) is 15.7. The summed E-state index contributed by atoms with van der Waals surface area (Å²) in [5.41, 5.74) is -0.228. The Kier molecular flexibility index (Phi) is 5.43. The Balaban J connectivity index is 1.78. The minimum Gasteiger partial charge on any atom is -0.351 e. The van der Waals surface area contributed by atoms with E-state index in [0.717, 1.165) is 25.2 Å². The van der Waals surface area contributed by atoms with E-state index >= 15 is 0 Å². The van der Waals surface area contributed by atoms with Crippen LogP contribution in [0.5, 0.6) is 0 Å². The van der Waals surface area contributed by atoms with Crippen LogP contribution in [-0.2, 0) is 4.79 Å². The topological polar surface area (TPSA) is 52.6 Å². The lowest BCUT2D eigenvalue weighted by Crippen LogP contribution is -2.47. The van der Waals surface area contributed by atoms with Crippen LogP contribution >= 0.6 is 0 Å². The molecule has 1 aliphatic heterocycles. The lowest BCUT2D eigenvalue weighted by Gasteiger charge is -2.32. The maximum atomic E-state index is 13.4. The van der Waals surface area contributed by atoms with E-state index in [1.807, 2.05) is 7.05 Å². The fraction of sp³-hybridized carbons (Fsp3) is 0.467. The van der Waals surface area contributed by atoms with Crippen LogP contribution in [-0.4, -0.2) is 61.4 Å². The van der Waals surface area contributed by atoms with Gasteiger partial charge in [-0.05, 0) is 19.2 Å². The van der Waals surface area contributed by atoms with E-state index < -0.39 is 17.5 Å². The molecular formula is C15H19F2N3O2. The van der Waals surface area contributed by atoms with E-state index in [0.29, 0.717) is 19.2 Å². The molecule has 1 N–H and O–H groups in total. The lowest BCUT2D eigenvalue weighted by molar-refractivity contribution is -0.132. The number of benzene rings is 1. The Bertz CT molecular complexity index is 558. The number of nitrogens with zero attached hydrogens (tertiary/aromatic N) is 2. The van der Waals surface area contributed by atoms with Crippen LogP contribution in [0, 0.1) is 11.6 Å². The van der Waals surface area contributed by atoms with Crippen LogP contribution in [0.15, 0.2) is 18.2 Å². The highest BCUT2D eigenvalue weighted by Gasteiger charge is 2.19. The smallest absolute Gasteiger partial charge is 0.254 e. The molecule has 1 heterocycles. The number of nitrogens with one attached hydrogen (secondary N) is 1. The summed E-state index contributed by atoms with van der Waals surface area (Å²) in [5, 5.41) is 2.48. The second kappa shape index (κ2) is 7.31. The standard InChI is InChI=1S/C15H19F2N3O2/c1-19-6-8-20(9-7-19)14(21)4-5-18-15(22)12-3-2-11(16)10-13(12)17/h2-3,10H,4-9H2,1H3,(H,18,22). The van der Waals surface area contributed by atoms with Gasteiger partial charge in [0, 0.05) is 45.2 Å². The third kappa shape index (κ3) is 4.24. The Hall–Kier alpha value is -2.02. The van der Waals surface area contributed by atoms with Crippen molar-refractivity contribution in [3.8, 4) is 0 Å². The van der Waals surface area contributed by atoms with Gasteiger partial charge in [-0.15, -0.1) is 0 Å². The van der Waals surface area contributed by atoms with Crippen molar-refractivity contribution in [2.45, 2.75) is 6.42 Å². The molecule has 0 aliphatic carbocycles. The van der Waals surface area contributed by atoms with Crippen LogP contribution in [0.25, 0.3) is 0 Å². The number of rotatable bonds is 4. The maximum absolute atomic E-state index is 13.4. The SMILES string of the molecule is CN1CCN(C(=O)CCNC(=O)c2ccc(F)cc2F)CC1. The molecule has 0 unspecified atom stereocenters. The first-order valence-electron chi connectivity index (χ1n) is 7.17. The van der Waals surface area contributed by atoms with Gasteiger partial charge in [0.25, 0.3) is 5.91 Å². The van der Waals surface area contributed by atoms with Gasteiger partial charge in [-0.2, -0.15) is 0 Å². The van der Waals surface area contributed by atoms with Gasteiger partial charge in [0.1, 0.15) is 11.6 Å². The first kappa shape index (κ1) is 16.4. The number of amides is 2. The molecule has 2 rings (SSSR count). The summed E-state index contributed by atoms with van der Waals surface area (Å²) in [7, 11) is 2.00. The van der Waals surface area contributed by atoms with Gasteiger partial charge in [0.2, 0.25) is 5.91 Å². The molecule has 1 aromatic carbocycles. The van der Waals surface area contributed by atoms with Crippen molar-refractivity contribution < 1.29 is 18.4 Å². The van der Waals surface area contributed by atoms with Crippen molar-refractivity contribution in [3.05, 3.63) is 35.4 Å². The quantitative estimate of drug-likeness (QED) is 0.897. The van der Waals surface area contributed by atoms with Crippen LogP contribution in [0.4, 0.5) is 8.78 Å². The molecule has 7 heteroatoms. The predicted molar refractivity (Wildman–Crippen MR) is 77.4 cm³/mol. The summed E-state index contributed by atoms with van der Waals surface area (Å²) < 4.78 is 26.2. The zero-order valence-corrected chi connectivity index (χ0v) is 12.4. The molecule has 0 atom stereocenters. The molecule has 1 aliphatic rings. The summed E-state index contributed by atoms with van der Waals surface area (Å²) >= 11 is 0. The number of hydrogen-bond donors (Lipinski definition) is 1. The molecule has 120 valence electrons. The third-order valence-electron chi connectivity index (χ3n) is 3.66. The second-order valence-electron chi connectivity index (χ2n) is 5.31. The summed E-state index contributed by atoms with van der Waals surface area (Å²) in [6.45, 7) is 3.14. The van der Waals surface area contributed by atoms with Crippen LogP contribution < -0.4 is 5.32 Å². The van der Waals surface area contributed by atoms with Gasteiger partial charge in [-0.1, -0.05) is 0 Å². The molecule has 0 radical (unpaired) electrons. The molecule has 2 amide bonds. The average Bonchev–Trinajstić information content (AvgIpc) is 2.47. The van der Waals surface area contributed by atoms with Crippen molar-refractivity contribution in [1.82, 2.24) is 15.1 Å². The van der Waals surface area contributed by atoms with Gasteiger partial charge >= 0.3 is 0 Å². The van der Waals surface area contributed by atoms with E-state index in [1.54, 1.807) is 4.90 Å². The first-order valence-corrected chi connectivity index (χ1v) is 7.17. The van der Waals surface area contributed by atoms with Gasteiger partial charge in [0.15, 0.2) is 0 Å². The van der Waals surface area contributed by atoms with E-state index in [1.165, 1.54) is 0 Å². The minimum absolute atomic E-state index is 0.0343. The predicted octanol–water partition coefficient (Wildman–Crippen LogP) is 0.859. The fourth-order valence-electron chi connectivity index (χ4n) is 2.27. The Morgan fingerprint density at radius 2 is 1.86 bits per heavy atom. The van der Waals surface area contributed by atoms with E-state index in [4.69, 9.17) is 0 Å². The van der Waals surface area contributed by atoms with E-state index in [2.05, 4.69) is 10.2 Å². The third-order valence-corrected chi connectivity index (χ3v) is 3.66. The second-order valence-corrected chi connectivity index (χ2v) is 5.31. The lowest BCUT2D eigenvalue weighted by atomic mass is 10.2. The average molecular weight is 311 g/mol. The molecule has 1 aromatic rings. The molecule has 5 nitrogen and oxygen atoms in total. The van der Waals surface area contributed by atoms with Crippen molar-refractivity contribution in [1.29, 1.82) is 0 Å². The Morgan fingerprint density at radius 1 is 1.18 bits per heavy atom. The van der Waals surface area contributed by atoms with Gasteiger partial charge in [0.05, 0.1) is 5.56 Å². The molecule has 0 aromatic heterocycles. The largest absolute Gasteiger partial charge is 0.351 e. The van der Waals surface area contributed by atoms with Gasteiger partial charge in [-0.25, -0.2) is 8.78 Å². The highest BCUT2D eigenvalue weighted by molar-refractivity contribution is 5.94. The van der Waals surface area contributed by atoms with Crippen LogP contribution in [0.1, 0.15) is 16.8 Å². The molecule has 1 fully saturated rings. The maximum Gasteiger partial charge on any atom is 0.254 e. The van der Waals surface area contributed by atoms with Crippen LogP contribution in [0.2, 0.25) is 0 Å². The molecule has 1 saturated heterocycles. The number of hydrogen-bond acceptors (Lipinski definition) is 3.